The third-order valence-corrected chi connectivity index (χ3v) is 2.06. The van der Waals surface area contributed by atoms with E-state index in [-0.39, 0.29) is 5.41 Å². The molecule has 0 atom stereocenters. The molecule has 0 amide bonds. The summed E-state index contributed by atoms with van der Waals surface area (Å²) in [5.41, 5.74) is 10.7. The van der Waals surface area contributed by atoms with E-state index in [2.05, 4.69) is 0 Å². The first-order valence-electron chi connectivity index (χ1n) is 3.11. The average molecular weight is 130 g/mol. The number of rotatable bonds is 0. The molecule has 3 heteroatoms. The Kier molecular flexibility index (Phi) is 1.31. The zero-order valence-electron chi connectivity index (χ0n) is 5.98. The maximum absolute atomic E-state index is 5.71. The van der Waals surface area contributed by atoms with E-state index in [0.29, 0.717) is 13.2 Å². The predicted octanol–water partition coefficient (Wildman–Crippen LogP) is -0.343. The molecule has 0 aromatic heterocycles. The van der Waals surface area contributed by atoms with E-state index >= 15 is 0 Å². The molecule has 1 aliphatic heterocycles. The van der Waals surface area contributed by atoms with Gasteiger partial charge in [0.25, 0.3) is 0 Å². The number of hydrogen-bond acceptors (Lipinski definition) is 3. The van der Waals surface area contributed by atoms with Crippen LogP contribution in [0.25, 0.3) is 0 Å². The van der Waals surface area contributed by atoms with E-state index in [1.165, 1.54) is 0 Å². The van der Waals surface area contributed by atoms with Crippen molar-refractivity contribution >= 4 is 0 Å². The Balaban J connectivity index is 2.75. The quantitative estimate of drug-likeness (QED) is 0.441. The second kappa shape index (κ2) is 1.68. The van der Waals surface area contributed by atoms with Crippen LogP contribution in [0.1, 0.15) is 13.8 Å². The van der Waals surface area contributed by atoms with Crippen LogP contribution in [-0.2, 0) is 4.74 Å². The number of nitrogens with two attached hydrogens (primary N) is 2. The molecule has 1 rings (SSSR count). The fourth-order valence-electron chi connectivity index (χ4n) is 0.805. The van der Waals surface area contributed by atoms with E-state index in [1.807, 2.05) is 13.8 Å². The van der Waals surface area contributed by atoms with Crippen molar-refractivity contribution in [2.24, 2.45) is 16.9 Å². The summed E-state index contributed by atoms with van der Waals surface area (Å²) < 4.78 is 5.12. The van der Waals surface area contributed by atoms with E-state index in [4.69, 9.17) is 16.2 Å². The highest BCUT2D eigenvalue weighted by atomic mass is 16.5. The van der Waals surface area contributed by atoms with Gasteiger partial charge in [-0.25, -0.2) is 0 Å². The first kappa shape index (κ1) is 6.99. The van der Waals surface area contributed by atoms with Gasteiger partial charge in [-0.15, -0.1) is 0 Å². The van der Waals surface area contributed by atoms with Crippen molar-refractivity contribution < 1.29 is 4.74 Å². The zero-order valence-corrected chi connectivity index (χ0v) is 5.98. The van der Waals surface area contributed by atoms with Gasteiger partial charge in [0, 0.05) is 5.41 Å². The van der Waals surface area contributed by atoms with Crippen molar-refractivity contribution in [2.45, 2.75) is 19.5 Å². The van der Waals surface area contributed by atoms with Crippen molar-refractivity contribution in [1.29, 1.82) is 0 Å². The van der Waals surface area contributed by atoms with Gasteiger partial charge in [-0.05, 0) is 0 Å². The Morgan fingerprint density at radius 1 is 1.22 bits per heavy atom. The normalized spacial score (nSPS) is 30.7. The van der Waals surface area contributed by atoms with Crippen LogP contribution in [0.3, 0.4) is 0 Å². The van der Waals surface area contributed by atoms with Crippen molar-refractivity contribution in [2.75, 3.05) is 13.2 Å². The van der Waals surface area contributed by atoms with E-state index in [0.717, 1.165) is 0 Å². The lowest BCUT2D eigenvalue weighted by Crippen LogP contribution is -2.59. The summed E-state index contributed by atoms with van der Waals surface area (Å²) in [5.74, 6) is 0. The molecule has 0 spiro atoms. The molecule has 0 unspecified atom stereocenters. The van der Waals surface area contributed by atoms with Crippen LogP contribution in [0.5, 0.6) is 0 Å². The maximum Gasteiger partial charge on any atom is 0.0951 e. The summed E-state index contributed by atoms with van der Waals surface area (Å²) in [6, 6.07) is 0. The van der Waals surface area contributed by atoms with Gasteiger partial charge in [0.05, 0.1) is 18.9 Å². The minimum Gasteiger partial charge on any atom is -0.377 e. The first-order chi connectivity index (χ1) is 3.96. The highest BCUT2D eigenvalue weighted by molar-refractivity contribution is 4.96. The van der Waals surface area contributed by atoms with E-state index in [1.54, 1.807) is 0 Å². The molecule has 1 aliphatic rings. The fraction of sp³-hybridized carbons (Fsp3) is 1.00. The molecule has 3 nitrogen and oxygen atoms in total. The van der Waals surface area contributed by atoms with Crippen LogP contribution >= 0.6 is 0 Å². The first-order valence-corrected chi connectivity index (χ1v) is 3.11. The second-order valence-electron chi connectivity index (χ2n) is 3.42. The van der Waals surface area contributed by atoms with Crippen molar-refractivity contribution in [3.63, 3.8) is 0 Å². The summed E-state index contributed by atoms with van der Waals surface area (Å²) in [5, 5.41) is 0. The van der Waals surface area contributed by atoms with Crippen LogP contribution in [0.15, 0.2) is 0 Å². The van der Waals surface area contributed by atoms with E-state index < -0.39 is 5.66 Å². The molecule has 0 saturated carbocycles. The molecule has 54 valence electrons. The molecule has 1 heterocycles. The third kappa shape index (κ3) is 0.956. The Bertz CT molecular complexity index is 106. The summed E-state index contributed by atoms with van der Waals surface area (Å²) in [6.07, 6.45) is 0. The van der Waals surface area contributed by atoms with Gasteiger partial charge < -0.3 is 16.2 Å². The number of ether oxygens (including phenoxy) is 1. The largest absolute Gasteiger partial charge is 0.377 e. The van der Waals surface area contributed by atoms with Gasteiger partial charge in [0.2, 0.25) is 0 Å². The molecule has 1 fully saturated rings. The Morgan fingerprint density at radius 3 is 1.89 bits per heavy atom. The van der Waals surface area contributed by atoms with Crippen LogP contribution < -0.4 is 11.5 Å². The van der Waals surface area contributed by atoms with Crippen molar-refractivity contribution in [3.8, 4) is 0 Å². The minimum absolute atomic E-state index is 0.0764. The van der Waals surface area contributed by atoms with Gasteiger partial charge in [-0.3, -0.25) is 0 Å². The smallest absolute Gasteiger partial charge is 0.0951 e. The minimum atomic E-state index is -0.632. The summed E-state index contributed by atoms with van der Waals surface area (Å²) in [7, 11) is 0. The molecule has 0 aliphatic carbocycles. The Labute approximate surface area is 55.4 Å². The highest BCUT2D eigenvalue weighted by Gasteiger charge is 2.43. The topological polar surface area (TPSA) is 61.3 Å². The number of hydrogen-bond donors (Lipinski definition) is 2. The summed E-state index contributed by atoms with van der Waals surface area (Å²) >= 11 is 0. The third-order valence-electron chi connectivity index (χ3n) is 2.06. The summed E-state index contributed by atoms with van der Waals surface area (Å²) in [4.78, 5) is 0. The molecule has 4 N–H and O–H groups in total. The molecule has 0 bridgehead atoms. The molecule has 0 aromatic carbocycles. The monoisotopic (exact) mass is 130 g/mol. The maximum atomic E-state index is 5.71. The molecule has 1 saturated heterocycles. The van der Waals surface area contributed by atoms with Crippen molar-refractivity contribution in [3.05, 3.63) is 0 Å². The lowest BCUT2D eigenvalue weighted by Gasteiger charge is -2.31. The predicted molar refractivity (Wildman–Crippen MR) is 35.7 cm³/mol. The highest BCUT2D eigenvalue weighted by Crippen LogP contribution is 2.30. The molecular formula is C6H14N2O. The Morgan fingerprint density at radius 2 is 1.78 bits per heavy atom. The van der Waals surface area contributed by atoms with Gasteiger partial charge >= 0.3 is 0 Å². The average Bonchev–Trinajstić information content (AvgIpc) is 1.81. The van der Waals surface area contributed by atoms with Crippen LogP contribution in [0, 0.1) is 5.41 Å². The summed E-state index contributed by atoms with van der Waals surface area (Å²) in [6.45, 7) is 5.17. The molecule has 9 heavy (non-hydrogen) atoms. The SMILES string of the molecule is CC1(C)COCC1(N)N. The fourth-order valence-corrected chi connectivity index (χ4v) is 0.805. The molecule has 0 aromatic rings. The van der Waals surface area contributed by atoms with Crippen LogP contribution in [0.2, 0.25) is 0 Å². The lowest BCUT2D eigenvalue weighted by molar-refractivity contribution is 0.166. The molecule has 0 radical (unpaired) electrons. The standard InChI is InChI=1S/C6H14N2O/c1-5(2)3-9-4-6(5,7)8/h3-4,7-8H2,1-2H3. The van der Waals surface area contributed by atoms with Gasteiger partial charge in [-0.1, -0.05) is 13.8 Å². The van der Waals surface area contributed by atoms with Gasteiger partial charge in [0.15, 0.2) is 0 Å². The van der Waals surface area contributed by atoms with Gasteiger partial charge in [0.1, 0.15) is 0 Å². The zero-order chi connectivity index (χ0) is 7.12. The van der Waals surface area contributed by atoms with E-state index in [9.17, 15) is 0 Å². The van der Waals surface area contributed by atoms with Gasteiger partial charge in [-0.2, -0.15) is 0 Å². The van der Waals surface area contributed by atoms with Crippen molar-refractivity contribution in [1.82, 2.24) is 0 Å². The van der Waals surface area contributed by atoms with Crippen LogP contribution in [0.4, 0.5) is 0 Å². The van der Waals surface area contributed by atoms with Crippen LogP contribution in [-0.4, -0.2) is 18.9 Å². The second-order valence-corrected chi connectivity index (χ2v) is 3.42. The Hall–Kier alpha value is -0.120. The lowest BCUT2D eigenvalue weighted by atomic mass is 9.83. The molecular weight excluding hydrogens is 116 g/mol.